The first-order valence-corrected chi connectivity index (χ1v) is 8.97. The Morgan fingerprint density at radius 3 is 2.56 bits per heavy atom. The molecule has 2 aliphatic rings. The van der Waals surface area contributed by atoms with Crippen LogP contribution in [0, 0.1) is 0 Å². The number of amides is 4. The number of nitrogens with zero attached hydrogens (tertiary/aromatic N) is 1. The predicted octanol–water partition coefficient (Wildman–Crippen LogP) is 2.16. The maximum Gasteiger partial charge on any atom is 0.319 e. The summed E-state index contributed by atoms with van der Waals surface area (Å²) in [5.74, 6) is 0. The van der Waals surface area contributed by atoms with Gasteiger partial charge in [0.25, 0.3) is 0 Å². The van der Waals surface area contributed by atoms with Crippen molar-refractivity contribution in [1.29, 1.82) is 0 Å². The molecule has 0 saturated carbocycles. The smallest absolute Gasteiger partial charge is 0.319 e. The van der Waals surface area contributed by atoms with Gasteiger partial charge < -0.3 is 25.6 Å². The molecule has 0 spiro atoms. The number of carbonyl (C=O) groups excluding carboxylic acids is 2. The summed E-state index contributed by atoms with van der Waals surface area (Å²) in [4.78, 5) is 26.0. The normalized spacial score (nSPS) is 21.0. The van der Waals surface area contributed by atoms with Gasteiger partial charge in [-0.15, -0.1) is 0 Å². The first-order chi connectivity index (χ1) is 12.2. The number of carbonyl (C=O) groups is 2. The van der Waals surface area contributed by atoms with Crippen molar-refractivity contribution in [1.82, 2.24) is 15.5 Å². The summed E-state index contributed by atoms with van der Waals surface area (Å²) >= 11 is 0. The average molecular weight is 346 g/mol. The molecule has 1 aromatic carbocycles. The SMILES string of the molecule is O=C(Nc1ccccc1)NC1CCN(C(=O)NC[C@H]2CCCO2)CC1. The maximum atomic E-state index is 12.2. The van der Waals surface area contributed by atoms with Gasteiger partial charge in [-0.1, -0.05) is 18.2 Å². The number of hydrogen-bond acceptors (Lipinski definition) is 3. The molecule has 1 atom stereocenters. The zero-order valence-electron chi connectivity index (χ0n) is 14.4. The summed E-state index contributed by atoms with van der Waals surface area (Å²) in [6.07, 6.45) is 3.76. The Morgan fingerprint density at radius 1 is 1.12 bits per heavy atom. The number of hydrogen-bond donors (Lipinski definition) is 3. The van der Waals surface area contributed by atoms with Crippen LogP contribution in [0.2, 0.25) is 0 Å². The van der Waals surface area contributed by atoms with Crippen molar-refractivity contribution in [3.05, 3.63) is 30.3 Å². The zero-order valence-corrected chi connectivity index (χ0v) is 14.4. The van der Waals surface area contributed by atoms with E-state index in [0.29, 0.717) is 19.6 Å². The quantitative estimate of drug-likeness (QED) is 0.781. The third-order valence-electron chi connectivity index (χ3n) is 4.65. The summed E-state index contributed by atoms with van der Waals surface area (Å²) in [5, 5.41) is 8.74. The Hall–Kier alpha value is -2.28. The Bertz CT molecular complexity index is 567. The molecule has 25 heavy (non-hydrogen) atoms. The first-order valence-electron chi connectivity index (χ1n) is 8.97. The van der Waals surface area contributed by atoms with E-state index in [-0.39, 0.29) is 24.2 Å². The molecule has 136 valence electrons. The fourth-order valence-electron chi connectivity index (χ4n) is 3.22. The Kier molecular flexibility index (Phi) is 6.11. The summed E-state index contributed by atoms with van der Waals surface area (Å²) in [6.45, 7) is 2.67. The maximum absolute atomic E-state index is 12.2. The van der Waals surface area contributed by atoms with Crippen molar-refractivity contribution in [2.24, 2.45) is 0 Å². The van der Waals surface area contributed by atoms with Gasteiger partial charge in [-0.2, -0.15) is 0 Å². The second kappa shape index (κ2) is 8.71. The van der Waals surface area contributed by atoms with E-state index in [1.807, 2.05) is 35.2 Å². The molecule has 0 bridgehead atoms. The van der Waals surface area contributed by atoms with Crippen LogP contribution >= 0.6 is 0 Å². The van der Waals surface area contributed by atoms with E-state index >= 15 is 0 Å². The second-order valence-corrected chi connectivity index (χ2v) is 6.55. The standard InChI is InChI=1S/C18H26N4O3/c23-17(20-14-5-2-1-3-6-14)21-15-8-10-22(11-9-15)18(24)19-13-16-7-4-12-25-16/h1-3,5-6,15-16H,4,7-13H2,(H,19,24)(H2,20,21,23)/t16-/m1/s1. The Balaban J connectivity index is 1.35. The molecule has 0 aliphatic carbocycles. The van der Waals surface area contributed by atoms with Crippen molar-refractivity contribution in [3.8, 4) is 0 Å². The molecular weight excluding hydrogens is 320 g/mol. The van der Waals surface area contributed by atoms with Gasteiger partial charge in [0.1, 0.15) is 0 Å². The lowest BCUT2D eigenvalue weighted by Gasteiger charge is -2.32. The number of urea groups is 2. The third-order valence-corrected chi connectivity index (χ3v) is 4.65. The van der Waals surface area contributed by atoms with Crippen molar-refractivity contribution >= 4 is 17.7 Å². The first kappa shape index (κ1) is 17.5. The molecule has 2 aliphatic heterocycles. The second-order valence-electron chi connectivity index (χ2n) is 6.55. The highest BCUT2D eigenvalue weighted by atomic mass is 16.5. The molecule has 7 heteroatoms. The van der Waals surface area contributed by atoms with Crippen LogP contribution in [0.15, 0.2) is 30.3 Å². The number of rotatable bonds is 4. The highest BCUT2D eigenvalue weighted by molar-refractivity contribution is 5.89. The predicted molar refractivity (Wildman–Crippen MR) is 95.6 cm³/mol. The number of benzene rings is 1. The third kappa shape index (κ3) is 5.35. The van der Waals surface area contributed by atoms with Crippen LogP contribution in [0.25, 0.3) is 0 Å². The molecule has 0 unspecified atom stereocenters. The van der Waals surface area contributed by atoms with Crippen molar-refractivity contribution in [2.75, 3.05) is 31.6 Å². The van der Waals surface area contributed by atoms with E-state index in [1.165, 1.54) is 0 Å². The number of ether oxygens (including phenoxy) is 1. The minimum atomic E-state index is -0.201. The summed E-state index contributed by atoms with van der Waals surface area (Å²) in [7, 11) is 0. The summed E-state index contributed by atoms with van der Waals surface area (Å²) < 4.78 is 5.51. The number of piperidine rings is 1. The van der Waals surface area contributed by atoms with E-state index in [9.17, 15) is 9.59 Å². The minimum Gasteiger partial charge on any atom is -0.376 e. The van der Waals surface area contributed by atoms with Gasteiger partial charge in [0.2, 0.25) is 0 Å². The topological polar surface area (TPSA) is 82.7 Å². The molecule has 4 amide bonds. The zero-order chi connectivity index (χ0) is 17.5. The van der Waals surface area contributed by atoms with Crippen LogP contribution < -0.4 is 16.0 Å². The molecule has 3 N–H and O–H groups in total. The van der Waals surface area contributed by atoms with Gasteiger partial charge in [-0.3, -0.25) is 0 Å². The average Bonchev–Trinajstić information content (AvgIpc) is 3.14. The van der Waals surface area contributed by atoms with Gasteiger partial charge in [0, 0.05) is 38.0 Å². The summed E-state index contributed by atoms with van der Waals surface area (Å²) in [6, 6.07) is 9.21. The molecule has 0 aromatic heterocycles. The fraction of sp³-hybridized carbons (Fsp3) is 0.556. The molecule has 2 fully saturated rings. The van der Waals surface area contributed by atoms with E-state index in [0.717, 1.165) is 38.0 Å². The number of nitrogens with one attached hydrogen (secondary N) is 3. The van der Waals surface area contributed by atoms with Gasteiger partial charge >= 0.3 is 12.1 Å². The largest absolute Gasteiger partial charge is 0.376 e. The van der Waals surface area contributed by atoms with E-state index in [4.69, 9.17) is 4.74 Å². The lowest BCUT2D eigenvalue weighted by atomic mass is 10.1. The lowest BCUT2D eigenvalue weighted by Crippen LogP contribution is -2.50. The molecule has 2 saturated heterocycles. The fourth-order valence-corrected chi connectivity index (χ4v) is 3.22. The highest BCUT2D eigenvalue weighted by Crippen LogP contribution is 2.13. The summed E-state index contributed by atoms with van der Waals surface area (Å²) in [5.41, 5.74) is 0.769. The molecule has 1 aromatic rings. The van der Waals surface area contributed by atoms with Gasteiger partial charge in [-0.25, -0.2) is 9.59 Å². The molecule has 2 heterocycles. The van der Waals surface area contributed by atoms with Crippen LogP contribution in [-0.4, -0.2) is 55.3 Å². The van der Waals surface area contributed by atoms with E-state index in [2.05, 4.69) is 16.0 Å². The minimum absolute atomic E-state index is 0.0392. The van der Waals surface area contributed by atoms with Crippen LogP contribution in [0.4, 0.5) is 15.3 Å². The van der Waals surface area contributed by atoms with Crippen LogP contribution in [0.3, 0.4) is 0 Å². The van der Waals surface area contributed by atoms with Gasteiger partial charge in [0.15, 0.2) is 0 Å². The lowest BCUT2D eigenvalue weighted by molar-refractivity contribution is 0.107. The monoisotopic (exact) mass is 346 g/mol. The molecule has 7 nitrogen and oxygen atoms in total. The van der Waals surface area contributed by atoms with Crippen molar-refractivity contribution in [3.63, 3.8) is 0 Å². The highest BCUT2D eigenvalue weighted by Gasteiger charge is 2.24. The van der Waals surface area contributed by atoms with Crippen LogP contribution in [0.1, 0.15) is 25.7 Å². The van der Waals surface area contributed by atoms with Crippen molar-refractivity contribution in [2.45, 2.75) is 37.8 Å². The van der Waals surface area contributed by atoms with Gasteiger partial charge in [0.05, 0.1) is 6.10 Å². The van der Waals surface area contributed by atoms with Crippen LogP contribution in [-0.2, 0) is 4.74 Å². The Labute approximate surface area is 148 Å². The van der Waals surface area contributed by atoms with E-state index < -0.39 is 0 Å². The number of anilines is 1. The van der Waals surface area contributed by atoms with Gasteiger partial charge in [-0.05, 0) is 37.8 Å². The molecule has 3 rings (SSSR count). The van der Waals surface area contributed by atoms with E-state index in [1.54, 1.807) is 0 Å². The molecular formula is C18H26N4O3. The van der Waals surface area contributed by atoms with Crippen molar-refractivity contribution < 1.29 is 14.3 Å². The number of para-hydroxylation sites is 1. The molecule has 0 radical (unpaired) electrons. The van der Waals surface area contributed by atoms with Crippen LogP contribution in [0.5, 0.6) is 0 Å². The number of likely N-dealkylation sites (tertiary alicyclic amines) is 1. The Morgan fingerprint density at radius 2 is 1.88 bits per heavy atom.